The summed E-state index contributed by atoms with van der Waals surface area (Å²) in [5.74, 6) is -9.65. The van der Waals surface area contributed by atoms with Crippen LogP contribution in [0.5, 0.6) is 0 Å². The summed E-state index contributed by atoms with van der Waals surface area (Å²) in [7, 11) is 0. The molecule has 0 aromatic heterocycles. The van der Waals surface area contributed by atoms with Crippen LogP contribution in [-0.4, -0.2) is 55.8 Å². The molecule has 4 fully saturated rings. The average molecular weight is 482 g/mol. The molecular weight excluding hydrogens is 455 g/mol. The monoisotopic (exact) mass is 482 g/mol. The van der Waals surface area contributed by atoms with Gasteiger partial charge in [0, 0.05) is 6.92 Å². The highest BCUT2D eigenvalue weighted by Crippen LogP contribution is 2.73. The van der Waals surface area contributed by atoms with Crippen molar-refractivity contribution >= 4 is 5.97 Å². The Kier molecular flexibility index (Phi) is 5.40. The summed E-state index contributed by atoms with van der Waals surface area (Å²) in [4.78, 5) is 10.8. The normalized spacial score (nSPS) is 45.5. The standard InChI is InChI=1S/C22H27F5O6/c1-11(28)29-5-6-30-12(2)33-21(22(25,26)27)20(23,24)19(31-10-32-21)9-15-8-16(19)18-14-4-3-13(7-14)17(15)18/h3-4,12-18H,5-10H2,1-2H3. The molecule has 4 aliphatic carbocycles. The molecule has 5 aliphatic rings. The zero-order chi connectivity index (χ0) is 23.8. The molecular formula is C22H27F5O6. The molecule has 3 saturated carbocycles. The molecule has 9 atom stereocenters. The smallest absolute Gasteiger partial charge is 0.450 e. The molecule has 9 unspecified atom stereocenters. The molecule has 33 heavy (non-hydrogen) atoms. The van der Waals surface area contributed by atoms with Crippen molar-refractivity contribution in [3.05, 3.63) is 12.2 Å². The lowest BCUT2D eigenvalue weighted by atomic mass is 9.64. The minimum absolute atomic E-state index is 0.0964. The minimum Gasteiger partial charge on any atom is -0.463 e. The predicted octanol–water partition coefficient (Wildman–Crippen LogP) is 4.04. The third kappa shape index (κ3) is 3.14. The van der Waals surface area contributed by atoms with Crippen LogP contribution in [0, 0.1) is 35.5 Å². The van der Waals surface area contributed by atoms with Crippen LogP contribution in [0.4, 0.5) is 22.0 Å². The van der Waals surface area contributed by atoms with Crippen molar-refractivity contribution in [1.29, 1.82) is 0 Å². The Morgan fingerprint density at radius 3 is 2.48 bits per heavy atom. The summed E-state index contributed by atoms with van der Waals surface area (Å²) in [6.45, 7) is 0.682. The van der Waals surface area contributed by atoms with Crippen LogP contribution in [0.1, 0.15) is 33.1 Å². The van der Waals surface area contributed by atoms with E-state index in [0.29, 0.717) is 12.3 Å². The van der Waals surface area contributed by atoms with Crippen LogP contribution >= 0.6 is 0 Å². The first-order valence-corrected chi connectivity index (χ1v) is 11.3. The third-order valence-corrected chi connectivity index (χ3v) is 8.28. The fourth-order valence-corrected chi connectivity index (χ4v) is 7.34. The lowest BCUT2D eigenvalue weighted by molar-refractivity contribution is -0.530. The summed E-state index contributed by atoms with van der Waals surface area (Å²) < 4.78 is 100.0. The lowest BCUT2D eigenvalue weighted by Gasteiger charge is -2.56. The van der Waals surface area contributed by atoms with E-state index in [1.807, 2.05) is 6.08 Å². The van der Waals surface area contributed by atoms with Crippen LogP contribution < -0.4 is 0 Å². The Morgan fingerprint density at radius 1 is 1.12 bits per heavy atom. The number of hydrogen-bond acceptors (Lipinski definition) is 6. The van der Waals surface area contributed by atoms with Crippen LogP contribution in [-0.2, 0) is 28.5 Å². The molecule has 1 saturated heterocycles. The molecule has 0 aromatic rings. The van der Waals surface area contributed by atoms with Crippen molar-refractivity contribution in [1.82, 2.24) is 0 Å². The van der Waals surface area contributed by atoms with Gasteiger partial charge in [-0.1, -0.05) is 12.2 Å². The van der Waals surface area contributed by atoms with Crippen LogP contribution in [0.15, 0.2) is 12.2 Å². The Morgan fingerprint density at radius 2 is 1.82 bits per heavy atom. The second kappa shape index (κ2) is 7.60. The SMILES string of the molecule is CC(=O)OCCOC(C)OC1(C(F)(F)F)OCOC2(CC3CC2C2C4C=CC(C4)C32)C1(F)F. The molecule has 1 aliphatic heterocycles. The predicted molar refractivity (Wildman–Crippen MR) is 101 cm³/mol. The summed E-state index contributed by atoms with van der Waals surface area (Å²) in [5.41, 5.74) is -2.32. The van der Waals surface area contributed by atoms with Crippen molar-refractivity contribution < 1.29 is 50.4 Å². The lowest BCUT2D eigenvalue weighted by Crippen LogP contribution is -2.77. The summed E-state index contributed by atoms with van der Waals surface area (Å²) in [5, 5.41) is 0. The Balaban J connectivity index is 1.41. The molecule has 6 nitrogen and oxygen atoms in total. The van der Waals surface area contributed by atoms with Gasteiger partial charge in [0.1, 0.15) is 12.2 Å². The van der Waals surface area contributed by atoms with E-state index in [0.717, 1.165) is 20.3 Å². The first-order valence-electron chi connectivity index (χ1n) is 11.3. The van der Waals surface area contributed by atoms with Crippen molar-refractivity contribution in [2.75, 3.05) is 20.0 Å². The first kappa shape index (κ1) is 23.4. The second-order valence-electron chi connectivity index (χ2n) is 9.79. The summed E-state index contributed by atoms with van der Waals surface area (Å²) >= 11 is 0. The minimum atomic E-state index is -5.56. The topological polar surface area (TPSA) is 63.2 Å². The quantitative estimate of drug-likeness (QED) is 0.142. The molecule has 0 radical (unpaired) electrons. The summed E-state index contributed by atoms with van der Waals surface area (Å²) in [6, 6.07) is 0. The van der Waals surface area contributed by atoms with E-state index in [2.05, 4.69) is 15.5 Å². The highest BCUT2D eigenvalue weighted by molar-refractivity contribution is 5.65. The molecule has 0 amide bonds. The fraction of sp³-hybridized carbons (Fsp3) is 0.864. The first-order chi connectivity index (χ1) is 15.4. The molecule has 5 rings (SSSR count). The van der Waals surface area contributed by atoms with Crippen LogP contribution in [0.3, 0.4) is 0 Å². The highest BCUT2D eigenvalue weighted by atomic mass is 19.4. The van der Waals surface area contributed by atoms with Crippen molar-refractivity contribution in [2.45, 2.75) is 62.9 Å². The number of carbonyl (C=O) groups is 1. The van der Waals surface area contributed by atoms with Gasteiger partial charge in [-0.3, -0.25) is 4.79 Å². The van der Waals surface area contributed by atoms with E-state index in [1.165, 1.54) is 0 Å². The van der Waals surface area contributed by atoms with E-state index in [-0.39, 0.29) is 43.3 Å². The highest BCUT2D eigenvalue weighted by Gasteiger charge is 2.86. The van der Waals surface area contributed by atoms with Crippen molar-refractivity contribution in [2.24, 2.45) is 35.5 Å². The second-order valence-corrected chi connectivity index (χ2v) is 9.79. The van der Waals surface area contributed by atoms with Gasteiger partial charge in [0.15, 0.2) is 13.1 Å². The van der Waals surface area contributed by atoms with Gasteiger partial charge >= 0.3 is 23.9 Å². The molecule has 0 aromatic carbocycles. The number of halogens is 5. The van der Waals surface area contributed by atoms with E-state index in [1.54, 1.807) is 0 Å². The number of hydrogen-bond donors (Lipinski definition) is 0. The Hall–Kier alpha value is -1.30. The zero-order valence-corrected chi connectivity index (χ0v) is 18.3. The van der Waals surface area contributed by atoms with Crippen LogP contribution in [0.25, 0.3) is 0 Å². The van der Waals surface area contributed by atoms with Gasteiger partial charge in [-0.15, -0.1) is 0 Å². The molecule has 1 spiro atoms. The van der Waals surface area contributed by atoms with Gasteiger partial charge in [-0.05, 0) is 61.7 Å². The van der Waals surface area contributed by atoms with Crippen molar-refractivity contribution in [3.8, 4) is 0 Å². The molecule has 4 bridgehead atoms. The largest absolute Gasteiger partial charge is 0.463 e. The molecule has 186 valence electrons. The maximum Gasteiger partial charge on any atom is 0.450 e. The van der Waals surface area contributed by atoms with Crippen LogP contribution in [0.2, 0.25) is 0 Å². The van der Waals surface area contributed by atoms with Gasteiger partial charge in [-0.25, -0.2) is 0 Å². The number of alkyl halides is 5. The number of fused-ring (bicyclic) bond motifs is 10. The van der Waals surface area contributed by atoms with E-state index in [9.17, 15) is 18.0 Å². The summed E-state index contributed by atoms with van der Waals surface area (Å²) in [6.07, 6.45) is -1.99. The molecule has 11 heteroatoms. The molecule has 0 N–H and O–H groups in total. The Labute approximate surface area is 187 Å². The zero-order valence-electron chi connectivity index (χ0n) is 18.3. The van der Waals surface area contributed by atoms with Gasteiger partial charge in [-0.2, -0.15) is 22.0 Å². The number of allylic oxidation sites excluding steroid dienone is 2. The van der Waals surface area contributed by atoms with Gasteiger partial charge in [0.2, 0.25) is 0 Å². The van der Waals surface area contributed by atoms with E-state index >= 15 is 8.78 Å². The third-order valence-electron chi connectivity index (χ3n) is 8.28. The number of ether oxygens (including phenoxy) is 5. The number of carbonyl (C=O) groups excluding carboxylic acids is 1. The number of esters is 1. The van der Waals surface area contributed by atoms with Gasteiger partial charge in [0.05, 0.1) is 6.61 Å². The van der Waals surface area contributed by atoms with Crippen molar-refractivity contribution in [3.63, 3.8) is 0 Å². The average Bonchev–Trinajstić information content (AvgIpc) is 3.47. The van der Waals surface area contributed by atoms with Gasteiger partial charge < -0.3 is 23.7 Å². The Bertz CT molecular complexity index is 833. The maximum atomic E-state index is 16.2. The van der Waals surface area contributed by atoms with Gasteiger partial charge in [0.25, 0.3) is 0 Å². The van der Waals surface area contributed by atoms with E-state index < -0.39 is 48.5 Å². The molecule has 1 heterocycles. The maximum absolute atomic E-state index is 16.2. The number of rotatable bonds is 6. The fourth-order valence-electron chi connectivity index (χ4n) is 7.34. The van der Waals surface area contributed by atoms with E-state index in [4.69, 9.17) is 14.2 Å².